The summed E-state index contributed by atoms with van der Waals surface area (Å²) < 4.78 is 11.9. The number of hydrogen-bond acceptors (Lipinski definition) is 5. The third-order valence-electron chi connectivity index (χ3n) is 3.98. The van der Waals surface area contributed by atoms with Crippen LogP contribution in [0.25, 0.3) is 10.1 Å². The van der Waals surface area contributed by atoms with E-state index < -0.39 is 0 Å². The van der Waals surface area contributed by atoms with Crippen molar-refractivity contribution in [2.45, 2.75) is 13.8 Å². The van der Waals surface area contributed by atoms with Gasteiger partial charge in [-0.1, -0.05) is 37.6 Å². The fourth-order valence-corrected chi connectivity index (χ4v) is 4.23. The molecule has 1 aromatic heterocycles. The monoisotopic (exact) mass is 448 g/mol. The Balaban J connectivity index is 1.72. The van der Waals surface area contributed by atoms with E-state index >= 15 is 0 Å². The molecule has 8 heteroatoms. The Labute approximate surface area is 184 Å². The smallest absolute Gasteiger partial charge is 0.269 e. The number of thiocarbonyl (C=S) groups is 1. The molecule has 2 aromatic carbocycles. The number of amides is 1. The topological polar surface area (TPSA) is 59.6 Å². The number of methoxy groups -OCH3 is 1. The summed E-state index contributed by atoms with van der Waals surface area (Å²) in [5, 5.41) is 7.08. The van der Waals surface area contributed by atoms with Gasteiger partial charge in [0.2, 0.25) is 0 Å². The van der Waals surface area contributed by atoms with Gasteiger partial charge in [0.15, 0.2) is 5.11 Å². The second-order valence-corrected chi connectivity index (χ2v) is 8.55. The largest absolute Gasteiger partial charge is 0.497 e. The van der Waals surface area contributed by atoms with E-state index in [1.807, 2.05) is 42.5 Å². The van der Waals surface area contributed by atoms with Gasteiger partial charge in [-0.05, 0) is 48.5 Å². The van der Waals surface area contributed by atoms with Gasteiger partial charge in [0.05, 0.1) is 24.4 Å². The van der Waals surface area contributed by atoms with E-state index in [1.54, 1.807) is 7.11 Å². The van der Waals surface area contributed by atoms with Crippen molar-refractivity contribution in [2.24, 2.45) is 5.92 Å². The molecule has 5 nitrogen and oxygen atoms in total. The number of halogens is 1. The van der Waals surface area contributed by atoms with Crippen LogP contribution < -0.4 is 20.1 Å². The van der Waals surface area contributed by atoms with Gasteiger partial charge in [0.25, 0.3) is 5.91 Å². The number of fused-ring (bicyclic) bond motifs is 1. The molecule has 152 valence electrons. The number of carbonyl (C=O) groups excluding carboxylic acids is 1. The lowest BCUT2D eigenvalue weighted by atomic mass is 10.2. The number of rotatable bonds is 6. The first-order valence-electron chi connectivity index (χ1n) is 8.99. The van der Waals surface area contributed by atoms with Crippen LogP contribution in [0.15, 0.2) is 42.5 Å². The summed E-state index contributed by atoms with van der Waals surface area (Å²) in [7, 11) is 1.59. The highest BCUT2D eigenvalue weighted by molar-refractivity contribution is 7.80. The number of benzene rings is 2. The van der Waals surface area contributed by atoms with Gasteiger partial charge in [-0.15, -0.1) is 11.3 Å². The zero-order valence-electron chi connectivity index (χ0n) is 16.2. The fourth-order valence-electron chi connectivity index (χ4n) is 2.58. The van der Waals surface area contributed by atoms with Crippen molar-refractivity contribution in [2.75, 3.05) is 19.0 Å². The number of anilines is 1. The van der Waals surface area contributed by atoms with Crippen molar-refractivity contribution in [3.63, 3.8) is 0 Å². The molecule has 0 aliphatic carbocycles. The summed E-state index contributed by atoms with van der Waals surface area (Å²) in [6.07, 6.45) is 0. The average Bonchev–Trinajstić information content (AvgIpc) is 3.03. The first-order valence-corrected chi connectivity index (χ1v) is 10.6. The minimum absolute atomic E-state index is 0.168. The molecule has 0 fully saturated rings. The van der Waals surface area contributed by atoms with Crippen molar-refractivity contribution in [1.82, 2.24) is 5.32 Å². The van der Waals surface area contributed by atoms with E-state index in [0.29, 0.717) is 39.6 Å². The Morgan fingerprint density at radius 2 is 2.00 bits per heavy atom. The van der Waals surface area contributed by atoms with E-state index in [0.717, 1.165) is 10.1 Å². The van der Waals surface area contributed by atoms with Gasteiger partial charge in [-0.25, -0.2) is 0 Å². The lowest BCUT2D eigenvalue weighted by Crippen LogP contribution is -2.33. The maximum absolute atomic E-state index is 12.7. The SMILES string of the molecule is COc1ccc2c(Cl)c(C(=O)NC(=S)Nc3ccccc3OCC(C)C)sc2c1. The molecule has 0 radical (unpaired) electrons. The molecule has 0 saturated carbocycles. The fraction of sp³-hybridized carbons (Fsp3) is 0.238. The van der Waals surface area contributed by atoms with E-state index in [4.69, 9.17) is 33.3 Å². The number of carbonyl (C=O) groups is 1. The molecule has 2 N–H and O–H groups in total. The van der Waals surface area contributed by atoms with Gasteiger partial charge in [0, 0.05) is 10.1 Å². The normalized spacial score (nSPS) is 10.8. The third kappa shape index (κ3) is 5.18. The van der Waals surface area contributed by atoms with Crippen LogP contribution in [0.1, 0.15) is 23.5 Å². The van der Waals surface area contributed by atoms with E-state index in [-0.39, 0.29) is 11.0 Å². The molecule has 0 atom stereocenters. The first kappa shape index (κ1) is 21.4. The van der Waals surface area contributed by atoms with Gasteiger partial charge < -0.3 is 14.8 Å². The summed E-state index contributed by atoms with van der Waals surface area (Å²) in [6, 6.07) is 12.9. The van der Waals surface area contributed by atoms with Gasteiger partial charge >= 0.3 is 0 Å². The average molecular weight is 449 g/mol. The Bertz CT molecular complexity index is 1050. The molecular formula is C21H21ClN2O3S2. The maximum atomic E-state index is 12.7. The molecule has 0 aliphatic rings. The second-order valence-electron chi connectivity index (χ2n) is 6.72. The highest BCUT2D eigenvalue weighted by atomic mass is 35.5. The van der Waals surface area contributed by atoms with Crippen LogP contribution in [0.4, 0.5) is 5.69 Å². The number of thiophene rings is 1. The lowest BCUT2D eigenvalue weighted by Gasteiger charge is -2.15. The van der Waals surface area contributed by atoms with Gasteiger partial charge in [-0.3, -0.25) is 10.1 Å². The number of hydrogen-bond donors (Lipinski definition) is 2. The zero-order chi connectivity index (χ0) is 21.0. The number of para-hydroxylation sites is 2. The minimum atomic E-state index is -0.367. The van der Waals surface area contributed by atoms with Crippen LogP contribution in [0, 0.1) is 5.92 Å². The molecule has 3 aromatic rings. The molecule has 3 rings (SSSR count). The van der Waals surface area contributed by atoms with Crippen LogP contribution in [0.3, 0.4) is 0 Å². The molecule has 0 spiro atoms. The van der Waals surface area contributed by atoms with Crippen LogP contribution in [0.5, 0.6) is 11.5 Å². The van der Waals surface area contributed by atoms with E-state index in [2.05, 4.69) is 24.5 Å². The Morgan fingerprint density at radius 3 is 2.72 bits per heavy atom. The maximum Gasteiger partial charge on any atom is 0.269 e. The number of ether oxygens (including phenoxy) is 2. The molecule has 0 unspecified atom stereocenters. The lowest BCUT2D eigenvalue weighted by molar-refractivity contribution is 0.0982. The zero-order valence-corrected chi connectivity index (χ0v) is 18.6. The minimum Gasteiger partial charge on any atom is -0.497 e. The molecule has 0 saturated heterocycles. The second kappa shape index (κ2) is 9.43. The molecule has 0 aliphatic heterocycles. The summed E-state index contributed by atoms with van der Waals surface area (Å²) >= 11 is 13.0. The van der Waals surface area contributed by atoms with Crippen molar-refractivity contribution < 1.29 is 14.3 Å². The molecule has 1 heterocycles. The molecule has 0 bridgehead atoms. The number of nitrogens with one attached hydrogen (secondary N) is 2. The quantitative estimate of drug-likeness (QED) is 0.472. The van der Waals surface area contributed by atoms with Crippen LogP contribution in [-0.4, -0.2) is 24.7 Å². The predicted molar refractivity (Wildman–Crippen MR) is 124 cm³/mol. The molecule has 29 heavy (non-hydrogen) atoms. The van der Waals surface area contributed by atoms with Crippen LogP contribution in [-0.2, 0) is 0 Å². The van der Waals surface area contributed by atoms with Gasteiger partial charge in [-0.2, -0.15) is 0 Å². The van der Waals surface area contributed by atoms with Gasteiger partial charge in [0.1, 0.15) is 16.4 Å². The van der Waals surface area contributed by atoms with Crippen LogP contribution >= 0.6 is 35.2 Å². The van der Waals surface area contributed by atoms with Crippen molar-refractivity contribution in [3.8, 4) is 11.5 Å². The van der Waals surface area contributed by atoms with Crippen molar-refractivity contribution in [1.29, 1.82) is 0 Å². The van der Waals surface area contributed by atoms with Crippen molar-refractivity contribution in [3.05, 3.63) is 52.4 Å². The Hall–Kier alpha value is -2.35. The summed E-state index contributed by atoms with van der Waals surface area (Å²) in [6.45, 7) is 4.73. The Morgan fingerprint density at radius 1 is 1.24 bits per heavy atom. The van der Waals surface area contributed by atoms with E-state index in [9.17, 15) is 4.79 Å². The van der Waals surface area contributed by atoms with Crippen molar-refractivity contribution >= 4 is 61.9 Å². The standard InChI is InChI=1S/C21H21ClN2O3S2/c1-12(2)11-27-16-7-5-4-6-15(16)23-21(28)24-20(25)19-18(22)14-9-8-13(26-3)10-17(14)29-19/h4-10,12H,11H2,1-3H3,(H2,23,24,25,28). The highest BCUT2D eigenvalue weighted by Crippen LogP contribution is 2.37. The van der Waals surface area contributed by atoms with Crippen LogP contribution in [0.2, 0.25) is 5.02 Å². The first-order chi connectivity index (χ1) is 13.9. The summed E-state index contributed by atoms with van der Waals surface area (Å²) in [5.74, 6) is 1.40. The van der Waals surface area contributed by atoms with E-state index in [1.165, 1.54) is 11.3 Å². The summed E-state index contributed by atoms with van der Waals surface area (Å²) in [5.41, 5.74) is 0.686. The highest BCUT2D eigenvalue weighted by Gasteiger charge is 2.19. The molecular weight excluding hydrogens is 428 g/mol. The predicted octanol–water partition coefficient (Wildman–Crippen LogP) is 5.72. The Kier molecular flexibility index (Phi) is 6.95. The third-order valence-corrected chi connectivity index (χ3v) is 5.84. The summed E-state index contributed by atoms with van der Waals surface area (Å²) in [4.78, 5) is 13.1. The molecule has 1 amide bonds.